The predicted octanol–water partition coefficient (Wildman–Crippen LogP) is 4.16. The predicted molar refractivity (Wildman–Crippen MR) is 102 cm³/mol. The highest BCUT2D eigenvalue weighted by atomic mass is 35.5. The van der Waals surface area contributed by atoms with Crippen molar-refractivity contribution in [3.63, 3.8) is 0 Å². The number of nitrogens with zero attached hydrogens (tertiary/aromatic N) is 4. The van der Waals surface area contributed by atoms with Crippen molar-refractivity contribution in [3.05, 3.63) is 41.4 Å². The molecule has 7 heteroatoms. The van der Waals surface area contributed by atoms with Crippen molar-refractivity contribution < 1.29 is 9.53 Å². The van der Waals surface area contributed by atoms with E-state index in [0.717, 1.165) is 22.4 Å². The minimum absolute atomic E-state index is 0.293. The lowest BCUT2D eigenvalue weighted by atomic mass is 10.0. The third-order valence-corrected chi connectivity index (χ3v) is 4.33. The fraction of sp³-hybridized carbons (Fsp3) is 0.421. The summed E-state index contributed by atoms with van der Waals surface area (Å²) in [4.78, 5) is 18.4. The number of pyridine rings is 1. The van der Waals surface area contributed by atoms with Crippen LogP contribution >= 0.6 is 11.6 Å². The molecular weight excluding hydrogens is 352 g/mol. The number of carbonyl (C=O) groups is 1. The first-order chi connectivity index (χ1) is 12.2. The molecule has 0 unspecified atom stereocenters. The maximum absolute atomic E-state index is 12.2. The van der Waals surface area contributed by atoms with Gasteiger partial charge in [-0.25, -0.2) is 4.79 Å². The number of aryl methyl sites for hydroxylation is 1. The van der Waals surface area contributed by atoms with Gasteiger partial charge < -0.3 is 9.64 Å². The van der Waals surface area contributed by atoms with E-state index in [4.69, 9.17) is 16.3 Å². The van der Waals surface area contributed by atoms with Crippen LogP contribution in [0.25, 0.3) is 16.7 Å². The monoisotopic (exact) mass is 374 g/mol. The zero-order chi connectivity index (χ0) is 18.9. The van der Waals surface area contributed by atoms with Gasteiger partial charge >= 0.3 is 6.09 Å². The normalized spacial score (nSPS) is 15.0. The Balaban J connectivity index is 1.73. The third-order valence-electron chi connectivity index (χ3n) is 4.04. The first-order valence-electron chi connectivity index (χ1n) is 8.55. The largest absolute Gasteiger partial charge is 0.444 e. The zero-order valence-corrected chi connectivity index (χ0v) is 16.2. The number of amides is 1. The van der Waals surface area contributed by atoms with Crippen molar-refractivity contribution in [3.8, 4) is 11.1 Å². The summed E-state index contributed by atoms with van der Waals surface area (Å²) in [7, 11) is 1.87. The van der Waals surface area contributed by atoms with Crippen molar-refractivity contribution in [2.45, 2.75) is 32.8 Å². The topological polar surface area (TPSA) is 60.2 Å². The molecule has 2 aromatic rings. The molecule has 0 atom stereocenters. The molecule has 3 heterocycles. The standard InChI is InChI=1S/C19H23ClN4O2/c1-19(2,3)26-18(25)24-7-5-13(6-8-24)17-16(20)9-14(10-21-17)15-11-22-23(4)12-15/h5,9-12H,6-8H2,1-4H3. The van der Waals surface area contributed by atoms with Gasteiger partial charge in [0, 0.05) is 43.7 Å². The van der Waals surface area contributed by atoms with E-state index < -0.39 is 5.60 Å². The van der Waals surface area contributed by atoms with Crippen molar-refractivity contribution in [1.29, 1.82) is 0 Å². The van der Waals surface area contributed by atoms with Gasteiger partial charge in [0.25, 0.3) is 0 Å². The number of carbonyl (C=O) groups excluding carboxylic acids is 1. The number of ether oxygens (including phenoxy) is 1. The van der Waals surface area contributed by atoms with Gasteiger partial charge in [-0.1, -0.05) is 17.7 Å². The van der Waals surface area contributed by atoms with Crippen LogP contribution in [0.15, 0.2) is 30.7 Å². The second kappa shape index (κ2) is 7.11. The van der Waals surface area contributed by atoms with E-state index >= 15 is 0 Å². The second-order valence-corrected chi connectivity index (χ2v) is 7.77. The molecule has 26 heavy (non-hydrogen) atoms. The average molecular weight is 375 g/mol. The fourth-order valence-electron chi connectivity index (χ4n) is 2.78. The van der Waals surface area contributed by atoms with Gasteiger partial charge in [0.05, 0.1) is 16.9 Å². The molecule has 0 fully saturated rings. The molecule has 0 N–H and O–H groups in total. The molecule has 0 aromatic carbocycles. The molecule has 2 aromatic heterocycles. The lowest BCUT2D eigenvalue weighted by molar-refractivity contribution is 0.0270. The van der Waals surface area contributed by atoms with Gasteiger partial charge in [-0.05, 0) is 38.8 Å². The van der Waals surface area contributed by atoms with Gasteiger partial charge in [0.1, 0.15) is 5.60 Å². The summed E-state index contributed by atoms with van der Waals surface area (Å²) in [5.41, 5.74) is 3.23. The van der Waals surface area contributed by atoms with Crippen LogP contribution in [-0.4, -0.2) is 44.4 Å². The Hall–Kier alpha value is -2.34. The summed E-state index contributed by atoms with van der Waals surface area (Å²) in [6, 6.07) is 1.90. The number of hydrogen-bond donors (Lipinski definition) is 0. The Morgan fingerprint density at radius 2 is 2.04 bits per heavy atom. The summed E-state index contributed by atoms with van der Waals surface area (Å²) in [6.45, 7) is 6.67. The SMILES string of the molecule is Cn1cc(-c2cnc(C3=CCN(C(=O)OC(C)(C)C)CC3)c(Cl)c2)cn1. The molecule has 1 amide bonds. The Bertz CT molecular complexity index is 851. The summed E-state index contributed by atoms with van der Waals surface area (Å²) >= 11 is 6.47. The highest BCUT2D eigenvalue weighted by Gasteiger charge is 2.24. The zero-order valence-electron chi connectivity index (χ0n) is 15.5. The van der Waals surface area contributed by atoms with Crippen LogP contribution in [0.3, 0.4) is 0 Å². The highest BCUT2D eigenvalue weighted by molar-refractivity contribution is 6.32. The van der Waals surface area contributed by atoms with Crippen molar-refractivity contribution in [1.82, 2.24) is 19.7 Å². The van der Waals surface area contributed by atoms with E-state index in [-0.39, 0.29) is 6.09 Å². The molecule has 0 aliphatic carbocycles. The van der Waals surface area contributed by atoms with E-state index in [2.05, 4.69) is 10.1 Å². The van der Waals surface area contributed by atoms with E-state index in [1.165, 1.54) is 0 Å². The van der Waals surface area contributed by atoms with Crippen LogP contribution in [0.4, 0.5) is 4.79 Å². The van der Waals surface area contributed by atoms with Gasteiger partial charge in [-0.2, -0.15) is 5.10 Å². The van der Waals surface area contributed by atoms with Crippen LogP contribution in [0.1, 0.15) is 32.9 Å². The second-order valence-electron chi connectivity index (χ2n) is 7.36. The van der Waals surface area contributed by atoms with Crippen LogP contribution < -0.4 is 0 Å². The molecule has 3 rings (SSSR count). The van der Waals surface area contributed by atoms with Crippen molar-refractivity contribution in [2.24, 2.45) is 7.05 Å². The number of hydrogen-bond acceptors (Lipinski definition) is 4. The Labute approximate surface area is 158 Å². The third kappa shape index (κ3) is 4.25. The smallest absolute Gasteiger partial charge is 0.410 e. The van der Waals surface area contributed by atoms with Gasteiger partial charge in [0.15, 0.2) is 0 Å². The van der Waals surface area contributed by atoms with Crippen LogP contribution in [0.2, 0.25) is 5.02 Å². The molecular formula is C19H23ClN4O2. The Kier molecular flexibility index (Phi) is 5.05. The summed E-state index contributed by atoms with van der Waals surface area (Å²) in [5, 5.41) is 4.77. The van der Waals surface area contributed by atoms with Gasteiger partial charge in [0.2, 0.25) is 0 Å². The lowest BCUT2D eigenvalue weighted by Crippen LogP contribution is -2.39. The quantitative estimate of drug-likeness (QED) is 0.791. The average Bonchev–Trinajstić information content (AvgIpc) is 3.00. The Morgan fingerprint density at radius 3 is 2.58 bits per heavy atom. The van der Waals surface area contributed by atoms with E-state index in [0.29, 0.717) is 24.5 Å². The summed E-state index contributed by atoms with van der Waals surface area (Å²) in [5.74, 6) is 0. The molecule has 0 spiro atoms. The van der Waals surface area contributed by atoms with Crippen LogP contribution in [0, 0.1) is 0 Å². The van der Waals surface area contributed by atoms with E-state index in [9.17, 15) is 4.79 Å². The highest BCUT2D eigenvalue weighted by Crippen LogP contribution is 2.30. The molecule has 0 saturated heterocycles. The van der Waals surface area contributed by atoms with Crippen molar-refractivity contribution in [2.75, 3.05) is 13.1 Å². The van der Waals surface area contributed by atoms with E-state index in [1.807, 2.05) is 46.2 Å². The fourth-order valence-corrected chi connectivity index (χ4v) is 3.07. The molecule has 0 bridgehead atoms. The number of rotatable bonds is 2. The van der Waals surface area contributed by atoms with E-state index in [1.54, 1.807) is 22.0 Å². The first-order valence-corrected chi connectivity index (χ1v) is 8.92. The van der Waals surface area contributed by atoms with Crippen LogP contribution in [0.5, 0.6) is 0 Å². The van der Waals surface area contributed by atoms with Crippen molar-refractivity contribution >= 4 is 23.3 Å². The molecule has 1 aliphatic heterocycles. The first kappa shape index (κ1) is 18.5. The molecule has 0 radical (unpaired) electrons. The van der Waals surface area contributed by atoms with Gasteiger partial charge in [-0.3, -0.25) is 9.67 Å². The number of halogens is 1. The lowest BCUT2D eigenvalue weighted by Gasteiger charge is -2.29. The Morgan fingerprint density at radius 1 is 1.27 bits per heavy atom. The molecule has 1 aliphatic rings. The molecule has 0 saturated carbocycles. The minimum atomic E-state index is -0.492. The van der Waals surface area contributed by atoms with Crippen LogP contribution in [-0.2, 0) is 11.8 Å². The summed E-state index contributed by atoms with van der Waals surface area (Å²) in [6.07, 6.45) is 7.90. The minimum Gasteiger partial charge on any atom is -0.444 e. The molecule has 138 valence electrons. The summed E-state index contributed by atoms with van der Waals surface area (Å²) < 4.78 is 7.16. The maximum atomic E-state index is 12.2. The molecule has 6 nitrogen and oxygen atoms in total. The maximum Gasteiger partial charge on any atom is 0.410 e. The van der Waals surface area contributed by atoms with Gasteiger partial charge in [-0.15, -0.1) is 0 Å². The number of aromatic nitrogens is 3.